The number of pyridine rings is 1. The maximum absolute atomic E-state index is 10.4. The van der Waals surface area contributed by atoms with E-state index in [9.17, 15) is 4.79 Å². The van der Waals surface area contributed by atoms with Gasteiger partial charge in [-0.05, 0) is 12.1 Å². The minimum absolute atomic E-state index is 0.282. The first-order valence-electron chi connectivity index (χ1n) is 3.81. The fraction of sp³-hybridized carbons (Fsp3) is 0.250. The van der Waals surface area contributed by atoms with E-state index in [1.165, 1.54) is 11.8 Å². The summed E-state index contributed by atoms with van der Waals surface area (Å²) in [4.78, 5) is 15.3. The number of thioether (sulfide) groups is 1. The van der Waals surface area contributed by atoms with Gasteiger partial charge in [-0.3, -0.25) is 4.79 Å². The second kappa shape index (κ2) is 4.71. The van der Waals surface area contributed by atoms with Crippen LogP contribution < -0.4 is 11.5 Å². The van der Waals surface area contributed by atoms with Gasteiger partial charge in [-0.2, -0.15) is 0 Å². The number of hydrogen-bond donors (Lipinski definition) is 2. The van der Waals surface area contributed by atoms with Crippen LogP contribution in [0.1, 0.15) is 6.42 Å². The second-order valence-electron chi connectivity index (χ2n) is 2.48. The summed E-state index contributed by atoms with van der Waals surface area (Å²) < 4.78 is 0. The molecule has 0 unspecified atom stereocenters. The van der Waals surface area contributed by atoms with E-state index >= 15 is 0 Å². The van der Waals surface area contributed by atoms with Crippen molar-refractivity contribution in [3.05, 3.63) is 18.3 Å². The van der Waals surface area contributed by atoms with Crippen LogP contribution in [0.3, 0.4) is 0 Å². The summed E-state index contributed by atoms with van der Waals surface area (Å²) >= 11 is 1.54. The van der Waals surface area contributed by atoms with Crippen molar-refractivity contribution in [3.63, 3.8) is 0 Å². The van der Waals surface area contributed by atoms with Crippen molar-refractivity contribution in [3.8, 4) is 0 Å². The number of primary amides is 1. The van der Waals surface area contributed by atoms with Gasteiger partial charge in [0.1, 0.15) is 5.82 Å². The molecule has 5 heteroatoms. The zero-order valence-corrected chi connectivity index (χ0v) is 7.88. The summed E-state index contributed by atoms with van der Waals surface area (Å²) in [5, 5.41) is 0. The number of hydrogen-bond acceptors (Lipinski definition) is 4. The van der Waals surface area contributed by atoms with Crippen molar-refractivity contribution in [2.24, 2.45) is 5.73 Å². The SMILES string of the molecule is NC(=O)CCSc1ccc(N)nc1. The molecule has 0 aliphatic carbocycles. The van der Waals surface area contributed by atoms with Crippen molar-refractivity contribution in [2.75, 3.05) is 11.5 Å². The Labute approximate surface area is 80.7 Å². The maximum atomic E-state index is 10.4. The monoisotopic (exact) mass is 197 g/mol. The first-order valence-corrected chi connectivity index (χ1v) is 4.79. The molecular formula is C8H11N3OS. The van der Waals surface area contributed by atoms with Gasteiger partial charge in [0, 0.05) is 23.3 Å². The number of aromatic nitrogens is 1. The fourth-order valence-corrected chi connectivity index (χ4v) is 1.58. The number of nitrogen functional groups attached to an aromatic ring is 1. The van der Waals surface area contributed by atoms with Gasteiger partial charge in [0.25, 0.3) is 0 Å². The highest BCUT2D eigenvalue weighted by Gasteiger charge is 1.97. The molecule has 0 atom stereocenters. The first-order chi connectivity index (χ1) is 6.18. The Balaban J connectivity index is 2.37. The van der Waals surface area contributed by atoms with Crippen molar-refractivity contribution < 1.29 is 4.79 Å². The lowest BCUT2D eigenvalue weighted by molar-refractivity contribution is -0.117. The Bertz CT molecular complexity index is 286. The van der Waals surface area contributed by atoms with Crippen LogP contribution in [-0.2, 0) is 4.79 Å². The van der Waals surface area contributed by atoms with Gasteiger partial charge < -0.3 is 11.5 Å². The van der Waals surface area contributed by atoms with Gasteiger partial charge in [-0.1, -0.05) is 0 Å². The van der Waals surface area contributed by atoms with Crippen molar-refractivity contribution >= 4 is 23.5 Å². The number of nitrogens with two attached hydrogens (primary N) is 2. The summed E-state index contributed by atoms with van der Waals surface area (Å²) in [5.74, 6) is 0.899. The molecule has 0 radical (unpaired) electrons. The molecule has 0 aliphatic rings. The lowest BCUT2D eigenvalue weighted by Crippen LogP contribution is -2.10. The molecule has 0 fully saturated rings. The van der Waals surface area contributed by atoms with Crippen LogP contribution in [0.5, 0.6) is 0 Å². The zero-order chi connectivity index (χ0) is 9.68. The molecule has 4 N–H and O–H groups in total. The quantitative estimate of drug-likeness (QED) is 0.694. The molecule has 0 aliphatic heterocycles. The Kier molecular flexibility index (Phi) is 3.57. The topological polar surface area (TPSA) is 82.0 Å². The number of carbonyl (C=O) groups is 1. The van der Waals surface area contributed by atoms with E-state index in [0.29, 0.717) is 18.0 Å². The fourth-order valence-electron chi connectivity index (χ4n) is 0.747. The van der Waals surface area contributed by atoms with Crippen molar-refractivity contribution in [1.29, 1.82) is 0 Å². The Morgan fingerprint density at radius 3 is 2.85 bits per heavy atom. The van der Waals surface area contributed by atoms with Crippen LogP contribution in [-0.4, -0.2) is 16.6 Å². The van der Waals surface area contributed by atoms with E-state index in [2.05, 4.69) is 4.98 Å². The Hall–Kier alpha value is -1.23. The van der Waals surface area contributed by atoms with E-state index in [1.807, 2.05) is 6.07 Å². The van der Waals surface area contributed by atoms with Gasteiger partial charge in [0.15, 0.2) is 0 Å². The lowest BCUT2D eigenvalue weighted by atomic mass is 10.5. The predicted octanol–water partition coefficient (Wildman–Crippen LogP) is 0.631. The molecule has 70 valence electrons. The summed E-state index contributed by atoms with van der Waals surface area (Å²) in [6.07, 6.45) is 2.07. The molecule has 0 spiro atoms. The third-order valence-corrected chi connectivity index (χ3v) is 2.36. The molecule has 1 aromatic rings. The molecule has 1 aromatic heterocycles. The van der Waals surface area contributed by atoms with Gasteiger partial charge >= 0.3 is 0 Å². The molecule has 0 saturated carbocycles. The summed E-state index contributed by atoms with van der Waals surface area (Å²) in [5.41, 5.74) is 10.4. The van der Waals surface area contributed by atoms with Crippen LogP contribution >= 0.6 is 11.8 Å². The molecule has 1 amide bonds. The summed E-state index contributed by atoms with van der Waals surface area (Å²) in [6, 6.07) is 3.60. The molecule has 1 heterocycles. The average Bonchev–Trinajstić information content (AvgIpc) is 2.08. The molecule has 13 heavy (non-hydrogen) atoms. The molecule has 4 nitrogen and oxygen atoms in total. The van der Waals surface area contributed by atoms with Crippen molar-refractivity contribution in [2.45, 2.75) is 11.3 Å². The molecule has 0 aromatic carbocycles. The Morgan fingerprint density at radius 2 is 2.31 bits per heavy atom. The van der Waals surface area contributed by atoms with Crippen LogP contribution in [0, 0.1) is 0 Å². The molecule has 0 bridgehead atoms. The van der Waals surface area contributed by atoms with E-state index in [-0.39, 0.29) is 5.91 Å². The highest BCUT2D eigenvalue weighted by molar-refractivity contribution is 7.99. The number of anilines is 1. The standard InChI is InChI=1S/C8H11N3OS/c9-7-2-1-6(5-11-7)13-4-3-8(10)12/h1-2,5H,3-4H2,(H2,9,11)(H2,10,12). The second-order valence-corrected chi connectivity index (χ2v) is 3.65. The van der Waals surface area contributed by atoms with E-state index in [4.69, 9.17) is 11.5 Å². The normalized spacial score (nSPS) is 9.85. The highest BCUT2D eigenvalue weighted by atomic mass is 32.2. The zero-order valence-electron chi connectivity index (χ0n) is 7.06. The molecule has 0 saturated heterocycles. The van der Waals surface area contributed by atoms with Gasteiger partial charge in [-0.15, -0.1) is 11.8 Å². The van der Waals surface area contributed by atoms with Gasteiger partial charge in [0.05, 0.1) is 0 Å². The van der Waals surface area contributed by atoms with Crippen LogP contribution in [0.25, 0.3) is 0 Å². The number of rotatable bonds is 4. The van der Waals surface area contributed by atoms with Gasteiger partial charge in [0.2, 0.25) is 5.91 Å². The van der Waals surface area contributed by atoms with E-state index < -0.39 is 0 Å². The largest absolute Gasteiger partial charge is 0.384 e. The first kappa shape index (κ1) is 9.85. The summed E-state index contributed by atoms with van der Waals surface area (Å²) in [6.45, 7) is 0. The molecular weight excluding hydrogens is 186 g/mol. The van der Waals surface area contributed by atoms with Crippen LogP contribution in [0.15, 0.2) is 23.2 Å². The van der Waals surface area contributed by atoms with Gasteiger partial charge in [-0.25, -0.2) is 4.98 Å². The smallest absolute Gasteiger partial charge is 0.218 e. The predicted molar refractivity (Wildman–Crippen MR) is 53.2 cm³/mol. The molecule has 1 rings (SSSR count). The average molecular weight is 197 g/mol. The minimum Gasteiger partial charge on any atom is -0.384 e. The number of carbonyl (C=O) groups excluding carboxylic acids is 1. The van der Waals surface area contributed by atoms with E-state index in [0.717, 1.165) is 4.90 Å². The Morgan fingerprint density at radius 1 is 1.54 bits per heavy atom. The summed E-state index contributed by atoms with van der Waals surface area (Å²) in [7, 11) is 0. The highest BCUT2D eigenvalue weighted by Crippen LogP contribution is 2.17. The van der Waals surface area contributed by atoms with Crippen LogP contribution in [0.4, 0.5) is 5.82 Å². The maximum Gasteiger partial charge on any atom is 0.218 e. The minimum atomic E-state index is -0.282. The third-order valence-electron chi connectivity index (χ3n) is 1.38. The number of nitrogens with zero attached hydrogens (tertiary/aromatic N) is 1. The van der Waals surface area contributed by atoms with E-state index in [1.54, 1.807) is 12.3 Å². The van der Waals surface area contributed by atoms with Crippen molar-refractivity contribution in [1.82, 2.24) is 4.98 Å². The van der Waals surface area contributed by atoms with Crippen LogP contribution in [0.2, 0.25) is 0 Å². The third kappa shape index (κ3) is 3.80. The number of amides is 1. The lowest BCUT2D eigenvalue weighted by Gasteiger charge is -1.99.